The van der Waals surface area contributed by atoms with Gasteiger partial charge in [0, 0.05) is 13.1 Å². The monoisotopic (exact) mass is 302 g/mol. The van der Waals surface area contributed by atoms with Gasteiger partial charge in [-0.1, -0.05) is 19.8 Å². The third kappa shape index (κ3) is 4.89. The first-order valence-corrected chi connectivity index (χ1v) is 8.61. The summed E-state index contributed by atoms with van der Waals surface area (Å²) >= 11 is 1.58. The van der Waals surface area contributed by atoms with Crippen LogP contribution in [0.3, 0.4) is 0 Å². The standard InChI is InChI=1S/C14H26N2O3S/c1-10-6-4-5-7-12(10)16(2)14(19)15-11(13(17)18)8-9-20-3/h10-12H,4-9H2,1-3H3,(H,15,19)(H,17,18)/t10?,11-,12?/m0/s1. The molecule has 0 aromatic rings. The second kappa shape index (κ2) is 8.39. The minimum Gasteiger partial charge on any atom is -0.480 e. The molecule has 0 aliphatic heterocycles. The minimum atomic E-state index is -0.961. The summed E-state index contributed by atoms with van der Waals surface area (Å²) in [5.74, 6) is 0.243. The van der Waals surface area contributed by atoms with Crippen LogP contribution in [0.2, 0.25) is 0 Å². The lowest BCUT2D eigenvalue weighted by atomic mass is 9.85. The zero-order valence-electron chi connectivity index (χ0n) is 12.6. The Bertz CT molecular complexity index is 338. The Balaban J connectivity index is 2.56. The van der Waals surface area contributed by atoms with Crippen LogP contribution in [0, 0.1) is 5.92 Å². The molecule has 1 saturated carbocycles. The first kappa shape index (κ1) is 17.1. The van der Waals surface area contributed by atoms with Crippen LogP contribution in [-0.4, -0.2) is 53.1 Å². The molecular formula is C14H26N2O3S. The van der Waals surface area contributed by atoms with Crippen LogP contribution in [-0.2, 0) is 4.79 Å². The summed E-state index contributed by atoms with van der Waals surface area (Å²) in [6.07, 6.45) is 6.89. The zero-order valence-corrected chi connectivity index (χ0v) is 13.4. The third-order valence-corrected chi connectivity index (χ3v) is 4.73. The number of hydrogen-bond donors (Lipinski definition) is 2. The predicted molar refractivity (Wildman–Crippen MR) is 82.1 cm³/mol. The maximum atomic E-state index is 12.2. The maximum absolute atomic E-state index is 12.2. The van der Waals surface area contributed by atoms with E-state index in [1.807, 2.05) is 6.26 Å². The average Bonchev–Trinajstić information content (AvgIpc) is 2.42. The molecule has 2 unspecified atom stereocenters. The van der Waals surface area contributed by atoms with Gasteiger partial charge >= 0.3 is 12.0 Å². The van der Waals surface area contributed by atoms with Crippen LogP contribution < -0.4 is 5.32 Å². The Hall–Kier alpha value is -0.910. The quantitative estimate of drug-likeness (QED) is 0.790. The number of rotatable bonds is 6. The first-order valence-electron chi connectivity index (χ1n) is 7.22. The lowest BCUT2D eigenvalue weighted by molar-refractivity contribution is -0.139. The molecule has 0 heterocycles. The number of carbonyl (C=O) groups is 2. The van der Waals surface area contributed by atoms with E-state index in [0.717, 1.165) is 25.0 Å². The Morgan fingerprint density at radius 3 is 2.60 bits per heavy atom. The van der Waals surface area contributed by atoms with E-state index in [2.05, 4.69) is 12.2 Å². The van der Waals surface area contributed by atoms with Gasteiger partial charge in [-0.15, -0.1) is 0 Å². The SMILES string of the molecule is CSCC[C@H](NC(=O)N(C)C1CCCCC1C)C(=O)O. The largest absolute Gasteiger partial charge is 0.480 e. The molecule has 0 aromatic carbocycles. The number of nitrogens with zero attached hydrogens (tertiary/aromatic N) is 1. The van der Waals surface area contributed by atoms with Crippen molar-refractivity contribution in [2.75, 3.05) is 19.1 Å². The van der Waals surface area contributed by atoms with Crippen LogP contribution in [0.25, 0.3) is 0 Å². The number of nitrogens with one attached hydrogen (secondary N) is 1. The highest BCUT2D eigenvalue weighted by atomic mass is 32.2. The number of carboxylic acids is 1. The van der Waals surface area contributed by atoms with Crippen molar-refractivity contribution in [3.63, 3.8) is 0 Å². The number of urea groups is 1. The van der Waals surface area contributed by atoms with Gasteiger partial charge in [-0.05, 0) is 37.2 Å². The van der Waals surface area contributed by atoms with Crippen molar-refractivity contribution in [3.05, 3.63) is 0 Å². The maximum Gasteiger partial charge on any atom is 0.326 e. The molecular weight excluding hydrogens is 276 g/mol. The summed E-state index contributed by atoms with van der Waals surface area (Å²) in [7, 11) is 1.77. The van der Waals surface area contributed by atoms with Crippen molar-refractivity contribution in [2.45, 2.75) is 51.1 Å². The first-order chi connectivity index (χ1) is 9.47. The fraction of sp³-hybridized carbons (Fsp3) is 0.857. The Morgan fingerprint density at radius 2 is 2.05 bits per heavy atom. The van der Waals surface area contributed by atoms with Crippen LogP contribution >= 0.6 is 11.8 Å². The molecule has 3 atom stereocenters. The number of aliphatic carboxylic acids is 1. The highest BCUT2D eigenvalue weighted by molar-refractivity contribution is 7.98. The summed E-state index contributed by atoms with van der Waals surface area (Å²) in [5.41, 5.74) is 0. The van der Waals surface area contributed by atoms with Crippen LogP contribution in [0.4, 0.5) is 4.79 Å². The van der Waals surface area contributed by atoms with Gasteiger partial charge in [-0.3, -0.25) is 0 Å². The van der Waals surface area contributed by atoms with Gasteiger partial charge in [0.2, 0.25) is 0 Å². The van der Waals surface area contributed by atoms with Crippen LogP contribution in [0.5, 0.6) is 0 Å². The molecule has 116 valence electrons. The smallest absolute Gasteiger partial charge is 0.326 e. The highest BCUT2D eigenvalue weighted by Crippen LogP contribution is 2.27. The Morgan fingerprint density at radius 1 is 1.40 bits per heavy atom. The lowest BCUT2D eigenvalue weighted by Crippen LogP contribution is -2.52. The fourth-order valence-electron chi connectivity index (χ4n) is 2.77. The molecule has 20 heavy (non-hydrogen) atoms. The van der Waals surface area contributed by atoms with Crippen LogP contribution in [0.15, 0.2) is 0 Å². The van der Waals surface area contributed by atoms with E-state index in [1.54, 1.807) is 23.7 Å². The fourth-order valence-corrected chi connectivity index (χ4v) is 3.24. The molecule has 1 aliphatic rings. The van der Waals surface area contributed by atoms with E-state index >= 15 is 0 Å². The third-order valence-electron chi connectivity index (χ3n) is 4.09. The Labute approximate surface area is 125 Å². The normalized spacial score (nSPS) is 23.9. The van der Waals surface area contributed by atoms with Crippen molar-refractivity contribution < 1.29 is 14.7 Å². The van der Waals surface area contributed by atoms with Crippen molar-refractivity contribution in [1.29, 1.82) is 0 Å². The second-order valence-corrected chi connectivity index (χ2v) is 6.55. The van der Waals surface area contributed by atoms with E-state index in [0.29, 0.717) is 12.3 Å². The summed E-state index contributed by atoms with van der Waals surface area (Å²) in [6, 6.07) is -0.840. The summed E-state index contributed by atoms with van der Waals surface area (Å²) in [5, 5.41) is 11.8. The summed E-state index contributed by atoms with van der Waals surface area (Å²) in [4.78, 5) is 25.1. The van der Waals surface area contributed by atoms with Crippen molar-refractivity contribution in [2.24, 2.45) is 5.92 Å². The van der Waals surface area contributed by atoms with Gasteiger partial charge in [0.15, 0.2) is 0 Å². The Kier molecular flexibility index (Phi) is 7.19. The molecule has 1 rings (SSSR count). The number of carboxylic acid groups (broad SMARTS) is 1. The topological polar surface area (TPSA) is 69.6 Å². The van der Waals surface area contributed by atoms with E-state index in [9.17, 15) is 9.59 Å². The lowest BCUT2D eigenvalue weighted by Gasteiger charge is -2.36. The molecule has 0 radical (unpaired) electrons. The molecule has 0 saturated heterocycles. The van der Waals surface area contributed by atoms with Crippen molar-refractivity contribution >= 4 is 23.8 Å². The predicted octanol–water partition coefficient (Wildman–Crippen LogP) is 2.41. The molecule has 2 amide bonds. The number of amides is 2. The number of thioether (sulfide) groups is 1. The van der Waals surface area contributed by atoms with Crippen LogP contribution in [0.1, 0.15) is 39.0 Å². The molecule has 5 nitrogen and oxygen atoms in total. The summed E-state index contributed by atoms with van der Waals surface area (Å²) < 4.78 is 0. The van der Waals surface area contributed by atoms with Gasteiger partial charge in [0.25, 0.3) is 0 Å². The van der Waals surface area contributed by atoms with E-state index < -0.39 is 12.0 Å². The summed E-state index contributed by atoms with van der Waals surface area (Å²) in [6.45, 7) is 2.16. The van der Waals surface area contributed by atoms with Gasteiger partial charge < -0.3 is 15.3 Å². The van der Waals surface area contributed by atoms with E-state index in [4.69, 9.17) is 5.11 Å². The van der Waals surface area contributed by atoms with Gasteiger partial charge in [0.05, 0.1) is 0 Å². The van der Waals surface area contributed by atoms with Gasteiger partial charge in [-0.2, -0.15) is 11.8 Å². The zero-order chi connectivity index (χ0) is 15.1. The molecule has 1 aliphatic carbocycles. The van der Waals surface area contributed by atoms with E-state index in [-0.39, 0.29) is 12.1 Å². The van der Waals surface area contributed by atoms with Gasteiger partial charge in [0.1, 0.15) is 6.04 Å². The second-order valence-electron chi connectivity index (χ2n) is 5.56. The molecule has 2 N–H and O–H groups in total. The molecule has 0 bridgehead atoms. The minimum absolute atomic E-state index is 0.221. The van der Waals surface area contributed by atoms with Gasteiger partial charge in [-0.25, -0.2) is 9.59 Å². The molecule has 6 heteroatoms. The highest BCUT2D eigenvalue weighted by Gasteiger charge is 2.29. The molecule has 1 fully saturated rings. The van der Waals surface area contributed by atoms with Crippen molar-refractivity contribution in [3.8, 4) is 0 Å². The molecule has 0 spiro atoms. The number of carbonyl (C=O) groups excluding carboxylic acids is 1. The average molecular weight is 302 g/mol. The number of hydrogen-bond acceptors (Lipinski definition) is 3. The van der Waals surface area contributed by atoms with E-state index in [1.165, 1.54) is 6.42 Å². The molecule has 0 aromatic heterocycles. The van der Waals surface area contributed by atoms with Crippen molar-refractivity contribution in [1.82, 2.24) is 10.2 Å².